The van der Waals surface area contributed by atoms with Crippen LogP contribution in [0.25, 0.3) is 0 Å². The van der Waals surface area contributed by atoms with Crippen LogP contribution in [0.2, 0.25) is 0 Å². The van der Waals surface area contributed by atoms with Crippen LogP contribution >= 0.6 is 0 Å². The number of aromatic amines is 1. The highest BCUT2D eigenvalue weighted by atomic mass is 16.5. The van der Waals surface area contributed by atoms with E-state index in [2.05, 4.69) is 33.9 Å². The van der Waals surface area contributed by atoms with Gasteiger partial charge in [-0.05, 0) is 39.2 Å². The van der Waals surface area contributed by atoms with Gasteiger partial charge in [0.2, 0.25) is 5.91 Å². The molecule has 2 fully saturated rings. The second-order valence-electron chi connectivity index (χ2n) is 8.23. The first-order valence-electron chi connectivity index (χ1n) is 10.9. The van der Waals surface area contributed by atoms with Crippen LogP contribution in [0.4, 0.5) is 0 Å². The van der Waals surface area contributed by atoms with E-state index < -0.39 is 0 Å². The summed E-state index contributed by atoms with van der Waals surface area (Å²) in [4.78, 5) is 25.6. The van der Waals surface area contributed by atoms with Gasteiger partial charge in [-0.15, -0.1) is 0 Å². The van der Waals surface area contributed by atoms with Crippen LogP contribution in [0.1, 0.15) is 49.8 Å². The van der Waals surface area contributed by atoms with Gasteiger partial charge in [-0.25, -0.2) is 4.98 Å². The van der Waals surface area contributed by atoms with Gasteiger partial charge in [0.15, 0.2) is 0 Å². The van der Waals surface area contributed by atoms with Gasteiger partial charge in [0, 0.05) is 58.0 Å². The van der Waals surface area contributed by atoms with Gasteiger partial charge in [-0.1, -0.05) is 6.92 Å². The standard InChI is InChI=1S/C21H37N5O2/c1-4-20-23-16(2)19(24-20)15-25-11-7-18(8-12-25)26-10-5-6-17(14-26)21(27)22-9-13-28-3/h17-18H,4-15H2,1-3H3,(H,22,27)(H,23,24)/t17-/m1/s1. The lowest BCUT2D eigenvalue weighted by Crippen LogP contribution is -2.50. The number of hydrogen-bond acceptors (Lipinski definition) is 5. The van der Waals surface area contributed by atoms with Crippen molar-refractivity contribution in [3.8, 4) is 0 Å². The van der Waals surface area contributed by atoms with Crippen molar-refractivity contribution in [1.82, 2.24) is 25.1 Å². The Morgan fingerprint density at radius 2 is 2.07 bits per heavy atom. The van der Waals surface area contributed by atoms with Gasteiger partial charge >= 0.3 is 0 Å². The van der Waals surface area contributed by atoms with Crippen LogP contribution in [0.3, 0.4) is 0 Å². The fourth-order valence-electron chi connectivity index (χ4n) is 4.51. The molecule has 0 aliphatic carbocycles. The van der Waals surface area contributed by atoms with Crippen molar-refractivity contribution < 1.29 is 9.53 Å². The van der Waals surface area contributed by atoms with Crippen LogP contribution in [-0.4, -0.2) is 78.2 Å². The smallest absolute Gasteiger partial charge is 0.224 e. The van der Waals surface area contributed by atoms with Crippen molar-refractivity contribution in [1.29, 1.82) is 0 Å². The van der Waals surface area contributed by atoms with E-state index in [1.165, 1.54) is 24.2 Å². The number of rotatable bonds is 8. The highest BCUT2D eigenvalue weighted by Gasteiger charge is 2.31. The van der Waals surface area contributed by atoms with Gasteiger partial charge in [-0.3, -0.25) is 14.6 Å². The minimum absolute atomic E-state index is 0.128. The molecule has 2 aliphatic rings. The van der Waals surface area contributed by atoms with E-state index in [0.29, 0.717) is 19.2 Å². The van der Waals surface area contributed by atoms with Crippen LogP contribution < -0.4 is 5.32 Å². The van der Waals surface area contributed by atoms with Crippen LogP contribution in [-0.2, 0) is 22.5 Å². The van der Waals surface area contributed by atoms with E-state index in [4.69, 9.17) is 9.72 Å². The molecule has 1 aromatic rings. The predicted octanol–water partition coefficient (Wildman–Crippen LogP) is 1.72. The Hall–Kier alpha value is -1.44. The van der Waals surface area contributed by atoms with Crippen molar-refractivity contribution in [3.05, 3.63) is 17.2 Å². The number of nitrogens with one attached hydrogen (secondary N) is 2. The van der Waals surface area contributed by atoms with E-state index in [0.717, 1.165) is 57.8 Å². The van der Waals surface area contributed by atoms with Gasteiger partial charge in [0.25, 0.3) is 0 Å². The lowest BCUT2D eigenvalue weighted by atomic mass is 9.93. The number of carbonyl (C=O) groups excluding carboxylic acids is 1. The molecule has 7 nitrogen and oxygen atoms in total. The maximum atomic E-state index is 12.4. The lowest BCUT2D eigenvalue weighted by Gasteiger charge is -2.42. The van der Waals surface area contributed by atoms with Gasteiger partial charge < -0.3 is 15.0 Å². The Morgan fingerprint density at radius 3 is 2.75 bits per heavy atom. The molecule has 1 amide bonds. The van der Waals surface area contributed by atoms with Crippen LogP contribution in [0.15, 0.2) is 0 Å². The number of H-pyrrole nitrogens is 1. The summed E-state index contributed by atoms with van der Waals surface area (Å²) in [5.74, 6) is 1.41. The number of ether oxygens (including phenoxy) is 1. The average Bonchev–Trinajstić information content (AvgIpc) is 3.08. The van der Waals surface area contributed by atoms with E-state index in [-0.39, 0.29) is 11.8 Å². The second kappa shape index (κ2) is 10.4. The van der Waals surface area contributed by atoms with Crippen molar-refractivity contribution in [3.63, 3.8) is 0 Å². The first kappa shape index (κ1) is 21.3. The molecule has 3 rings (SSSR count). The third-order valence-corrected chi connectivity index (χ3v) is 6.25. The Labute approximate surface area is 169 Å². The Balaban J connectivity index is 1.45. The first-order chi connectivity index (χ1) is 13.6. The highest BCUT2D eigenvalue weighted by molar-refractivity contribution is 5.78. The monoisotopic (exact) mass is 391 g/mol. The number of amides is 1. The molecule has 1 atom stereocenters. The summed E-state index contributed by atoms with van der Waals surface area (Å²) in [6.45, 7) is 10.6. The molecular weight excluding hydrogens is 354 g/mol. The number of carbonyl (C=O) groups is 1. The van der Waals surface area contributed by atoms with E-state index in [1.54, 1.807) is 7.11 Å². The number of aromatic nitrogens is 2. The molecule has 0 unspecified atom stereocenters. The number of imidazole rings is 1. The normalized spacial score (nSPS) is 22.5. The van der Waals surface area contributed by atoms with E-state index >= 15 is 0 Å². The van der Waals surface area contributed by atoms with Crippen molar-refractivity contribution >= 4 is 5.91 Å². The number of aryl methyl sites for hydroxylation is 2. The fraction of sp³-hybridized carbons (Fsp3) is 0.810. The molecule has 7 heteroatoms. The molecule has 0 aromatic carbocycles. The summed E-state index contributed by atoms with van der Waals surface area (Å²) in [6.07, 6.45) is 5.45. The van der Waals surface area contributed by atoms with E-state index in [9.17, 15) is 4.79 Å². The first-order valence-corrected chi connectivity index (χ1v) is 10.9. The zero-order valence-corrected chi connectivity index (χ0v) is 17.8. The van der Waals surface area contributed by atoms with Crippen molar-refractivity contribution in [2.45, 2.75) is 58.5 Å². The maximum Gasteiger partial charge on any atom is 0.224 e. The molecule has 0 spiro atoms. The number of methoxy groups -OCH3 is 1. The summed E-state index contributed by atoms with van der Waals surface area (Å²) in [6, 6.07) is 0.609. The van der Waals surface area contributed by atoms with Gasteiger partial charge in [0.05, 0.1) is 18.2 Å². The number of hydrogen-bond donors (Lipinski definition) is 2. The molecule has 3 heterocycles. The number of piperidine rings is 2. The van der Waals surface area contributed by atoms with Crippen LogP contribution in [0.5, 0.6) is 0 Å². The molecule has 2 saturated heterocycles. The largest absolute Gasteiger partial charge is 0.383 e. The number of likely N-dealkylation sites (tertiary alicyclic amines) is 2. The van der Waals surface area contributed by atoms with Crippen molar-refractivity contribution in [2.75, 3.05) is 46.4 Å². The highest BCUT2D eigenvalue weighted by Crippen LogP contribution is 2.25. The second-order valence-corrected chi connectivity index (χ2v) is 8.23. The molecule has 1 aromatic heterocycles. The van der Waals surface area contributed by atoms with Crippen molar-refractivity contribution in [2.24, 2.45) is 5.92 Å². The summed E-state index contributed by atoms with van der Waals surface area (Å²) in [7, 11) is 1.66. The predicted molar refractivity (Wildman–Crippen MR) is 110 cm³/mol. The summed E-state index contributed by atoms with van der Waals surface area (Å²) in [5.41, 5.74) is 2.40. The van der Waals surface area contributed by atoms with Gasteiger partial charge in [-0.2, -0.15) is 0 Å². The lowest BCUT2D eigenvalue weighted by molar-refractivity contribution is -0.127. The Bertz CT molecular complexity index is 624. The summed E-state index contributed by atoms with van der Waals surface area (Å²) in [5, 5.41) is 3.01. The van der Waals surface area contributed by atoms with Gasteiger partial charge in [0.1, 0.15) is 5.82 Å². The maximum absolute atomic E-state index is 12.4. The summed E-state index contributed by atoms with van der Waals surface area (Å²) >= 11 is 0. The van der Waals surface area contributed by atoms with E-state index in [1.807, 2.05) is 0 Å². The third-order valence-electron chi connectivity index (χ3n) is 6.25. The zero-order valence-electron chi connectivity index (χ0n) is 17.8. The molecule has 2 aliphatic heterocycles. The number of nitrogens with zero attached hydrogens (tertiary/aromatic N) is 3. The molecule has 158 valence electrons. The average molecular weight is 392 g/mol. The molecular formula is C21H37N5O2. The third kappa shape index (κ3) is 5.55. The zero-order chi connectivity index (χ0) is 19.9. The minimum Gasteiger partial charge on any atom is -0.383 e. The molecule has 0 radical (unpaired) electrons. The fourth-order valence-corrected chi connectivity index (χ4v) is 4.51. The van der Waals surface area contributed by atoms with Crippen LogP contribution in [0, 0.1) is 12.8 Å². The molecule has 0 saturated carbocycles. The Kier molecular flexibility index (Phi) is 7.88. The minimum atomic E-state index is 0.128. The summed E-state index contributed by atoms with van der Waals surface area (Å²) < 4.78 is 5.03. The molecule has 28 heavy (non-hydrogen) atoms. The molecule has 0 bridgehead atoms. The Morgan fingerprint density at radius 1 is 1.29 bits per heavy atom. The molecule has 2 N–H and O–H groups in total. The quantitative estimate of drug-likeness (QED) is 0.660. The topological polar surface area (TPSA) is 73.5 Å². The SMILES string of the molecule is CCc1nc(CN2CCC(N3CCC[C@@H](C(=O)NCCOC)C3)CC2)c(C)[nH]1.